The summed E-state index contributed by atoms with van der Waals surface area (Å²) in [4.78, 5) is 11.0. The topological polar surface area (TPSA) is 54.3 Å². The van der Waals surface area contributed by atoms with Crippen molar-refractivity contribution in [1.29, 1.82) is 0 Å². The highest BCUT2D eigenvalue weighted by Crippen LogP contribution is 2.40. The number of carboxylic acid groups (broad SMARTS) is 1. The van der Waals surface area contributed by atoms with Crippen LogP contribution in [-0.4, -0.2) is 21.2 Å². The van der Waals surface area contributed by atoms with Crippen LogP contribution in [0.3, 0.4) is 0 Å². The Balaban J connectivity index is 2.25. The molecule has 0 fully saturated rings. The maximum absolute atomic E-state index is 11.0. The Morgan fingerprint density at radius 3 is 2.64 bits per heavy atom. The van der Waals surface area contributed by atoms with Crippen LogP contribution in [0.15, 0.2) is 24.3 Å². The Labute approximate surface area is 131 Å². The van der Waals surface area contributed by atoms with Gasteiger partial charge in [-0.2, -0.15) is 0 Å². The lowest BCUT2D eigenvalue weighted by atomic mass is 9.80. The average molecular weight is 300 g/mol. The zero-order valence-corrected chi connectivity index (χ0v) is 13.7. The monoisotopic (exact) mass is 300 g/mol. The lowest BCUT2D eigenvalue weighted by molar-refractivity contribution is -0.137. The van der Waals surface area contributed by atoms with Gasteiger partial charge in [-0.25, -0.2) is 0 Å². The van der Waals surface area contributed by atoms with Gasteiger partial charge >= 0.3 is 5.97 Å². The molecule has 2 aromatic rings. The highest BCUT2D eigenvalue weighted by molar-refractivity contribution is 5.87. The molecule has 3 rings (SSSR count). The Morgan fingerprint density at radius 1 is 1.27 bits per heavy atom. The van der Waals surface area contributed by atoms with Gasteiger partial charge in [-0.3, -0.25) is 4.79 Å². The predicted molar refractivity (Wildman–Crippen MR) is 88.1 cm³/mol. The van der Waals surface area contributed by atoms with Crippen molar-refractivity contribution >= 4 is 16.9 Å². The highest BCUT2D eigenvalue weighted by Gasteiger charge is 2.40. The first kappa shape index (κ1) is 15.1. The minimum atomic E-state index is -0.751. The summed E-state index contributed by atoms with van der Waals surface area (Å²) in [5.41, 5.74) is 3.59. The summed E-state index contributed by atoms with van der Waals surface area (Å²) in [6.07, 6.45) is 1.06. The Hall–Kier alpha value is -1.81. The molecule has 4 heteroatoms. The largest absolute Gasteiger partial charge is 0.481 e. The second-order valence-electron chi connectivity index (χ2n) is 7.44. The van der Waals surface area contributed by atoms with Crippen LogP contribution in [0.5, 0.6) is 0 Å². The summed E-state index contributed by atoms with van der Waals surface area (Å²) in [5.74, 6) is -0.751. The van der Waals surface area contributed by atoms with E-state index in [1.54, 1.807) is 0 Å². The molecule has 2 N–H and O–H groups in total. The molecule has 0 radical (unpaired) electrons. The van der Waals surface area contributed by atoms with Crippen LogP contribution >= 0.6 is 0 Å². The molecule has 4 nitrogen and oxygen atoms in total. The molecule has 0 bridgehead atoms. The number of nitrogens with zero attached hydrogens (tertiary/aromatic N) is 1. The van der Waals surface area contributed by atoms with Gasteiger partial charge in [-0.1, -0.05) is 18.2 Å². The quantitative estimate of drug-likeness (QED) is 0.914. The summed E-state index contributed by atoms with van der Waals surface area (Å²) in [6.45, 7) is 9.35. The van der Waals surface area contributed by atoms with Crippen molar-refractivity contribution in [2.24, 2.45) is 0 Å². The second-order valence-corrected chi connectivity index (χ2v) is 7.44. The number of aromatic nitrogens is 1. The van der Waals surface area contributed by atoms with E-state index in [0.717, 1.165) is 11.9 Å². The lowest BCUT2D eigenvalue weighted by Crippen LogP contribution is -2.55. The summed E-state index contributed by atoms with van der Waals surface area (Å²) in [7, 11) is 0. The van der Waals surface area contributed by atoms with Crippen molar-refractivity contribution in [3.8, 4) is 0 Å². The van der Waals surface area contributed by atoms with Crippen LogP contribution in [0, 0.1) is 0 Å². The Kier molecular flexibility index (Phi) is 3.33. The number of carbonyl (C=O) groups is 1. The summed E-state index contributed by atoms with van der Waals surface area (Å²) >= 11 is 0. The molecule has 1 aliphatic heterocycles. The minimum Gasteiger partial charge on any atom is -0.481 e. The third kappa shape index (κ3) is 2.41. The van der Waals surface area contributed by atoms with Crippen LogP contribution in [0.25, 0.3) is 10.9 Å². The van der Waals surface area contributed by atoms with Crippen molar-refractivity contribution in [1.82, 2.24) is 9.88 Å². The van der Waals surface area contributed by atoms with Gasteiger partial charge in [0.2, 0.25) is 0 Å². The van der Waals surface area contributed by atoms with Crippen molar-refractivity contribution in [2.75, 3.05) is 0 Å². The fourth-order valence-corrected chi connectivity index (χ4v) is 4.07. The Bertz CT molecular complexity index is 741. The lowest BCUT2D eigenvalue weighted by Gasteiger charge is -2.43. The number of rotatable bonds is 3. The van der Waals surface area contributed by atoms with E-state index in [0.29, 0.717) is 6.54 Å². The van der Waals surface area contributed by atoms with Gasteiger partial charge < -0.3 is 15.0 Å². The first-order valence-electron chi connectivity index (χ1n) is 7.83. The smallest absolute Gasteiger partial charge is 0.305 e. The Morgan fingerprint density at radius 2 is 1.95 bits per heavy atom. The zero-order chi connectivity index (χ0) is 16.1. The zero-order valence-electron chi connectivity index (χ0n) is 13.7. The average Bonchev–Trinajstić information content (AvgIpc) is 2.67. The van der Waals surface area contributed by atoms with Crippen LogP contribution in [-0.2, 0) is 23.3 Å². The van der Waals surface area contributed by atoms with Gasteiger partial charge in [-0.05, 0) is 33.8 Å². The number of carboxylic acids is 1. The molecule has 0 atom stereocenters. The van der Waals surface area contributed by atoms with E-state index < -0.39 is 5.97 Å². The van der Waals surface area contributed by atoms with E-state index in [4.69, 9.17) is 5.11 Å². The first-order chi connectivity index (χ1) is 10.2. The molecule has 0 unspecified atom stereocenters. The van der Waals surface area contributed by atoms with E-state index >= 15 is 0 Å². The number of nitrogens with one attached hydrogen (secondary N) is 1. The predicted octanol–water partition coefficient (Wildman–Crippen LogP) is 3.28. The van der Waals surface area contributed by atoms with E-state index in [-0.39, 0.29) is 17.5 Å². The molecular weight excluding hydrogens is 276 g/mol. The molecule has 0 saturated carbocycles. The van der Waals surface area contributed by atoms with E-state index in [1.165, 1.54) is 16.6 Å². The number of aliphatic carboxylic acids is 1. The van der Waals surface area contributed by atoms with Crippen LogP contribution in [0.1, 0.15) is 45.4 Å². The molecule has 0 saturated heterocycles. The highest BCUT2D eigenvalue weighted by atomic mass is 16.4. The molecule has 22 heavy (non-hydrogen) atoms. The number of hydrogen-bond acceptors (Lipinski definition) is 2. The number of benzene rings is 1. The van der Waals surface area contributed by atoms with Gasteiger partial charge in [0.15, 0.2) is 0 Å². The first-order valence-corrected chi connectivity index (χ1v) is 7.83. The molecule has 0 amide bonds. The van der Waals surface area contributed by atoms with Crippen molar-refractivity contribution in [2.45, 2.75) is 58.2 Å². The number of aryl methyl sites for hydroxylation is 1. The van der Waals surface area contributed by atoms with Gasteiger partial charge in [0.1, 0.15) is 0 Å². The number of para-hydroxylation sites is 1. The molecule has 2 heterocycles. The molecule has 0 spiro atoms. The minimum absolute atomic E-state index is 0.00809. The van der Waals surface area contributed by atoms with E-state index in [1.807, 2.05) is 6.07 Å². The molecule has 0 aliphatic carbocycles. The second kappa shape index (κ2) is 4.85. The van der Waals surface area contributed by atoms with E-state index in [2.05, 4.69) is 55.8 Å². The number of fused-ring (bicyclic) bond motifs is 3. The standard InChI is InChI=1S/C18H24N2O2/c1-17(2)11-14-16(18(3,4)19-17)12-7-5-6-8-13(12)20(14)10-9-15(21)22/h5-8,19H,9-11H2,1-4H3,(H,21,22). The van der Waals surface area contributed by atoms with Crippen molar-refractivity contribution in [3.63, 3.8) is 0 Å². The molecule has 1 aromatic carbocycles. The molecule has 1 aliphatic rings. The summed E-state index contributed by atoms with van der Waals surface area (Å²) in [5, 5.41) is 14.0. The molecule has 118 valence electrons. The normalized spacial score (nSPS) is 19.1. The SMILES string of the molecule is CC1(C)Cc2c(c3ccccc3n2CCC(=O)O)C(C)(C)N1. The third-order valence-corrected chi connectivity index (χ3v) is 4.51. The number of hydrogen-bond donors (Lipinski definition) is 2. The molecular formula is C18H24N2O2. The summed E-state index contributed by atoms with van der Waals surface area (Å²) in [6, 6.07) is 8.32. The van der Waals surface area contributed by atoms with Gasteiger partial charge in [-0.15, -0.1) is 0 Å². The maximum atomic E-state index is 11.0. The fraction of sp³-hybridized carbons (Fsp3) is 0.500. The summed E-state index contributed by atoms with van der Waals surface area (Å²) < 4.78 is 2.21. The third-order valence-electron chi connectivity index (χ3n) is 4.51. The van der Waals surface area contributed by atoms with Gasteiger partial charge in [0.25, 0.3) is 0 Å². The van der Waals surface area contributed by atoms with Crippen LogP contribution < -0.4 is 5.32 Å². The van der Waals surface area contributed by atoms with Gasteiger partial charge in [0, 0.05) is 46.2 Å². The van der Waals surface area contributed by atoms with Gasteiger partial charge in [0.05, 0.1) is 6.42 Å². The van der Waals surface area contributed by atoms with Crippen LogP contribution in [0.4, 0.5) is 0 Å². The van der Waals surface area contributed by atoms with E-state index in [9.17, 15) is 4.79 Å². The van der Waals surface area contributed by atoms with Crippen molar-refractivity contribution < 1.29 is 9.90 Å². The van der Waals surface area contributed by atoms with Crippen LogP contribution in [0.2, 0.25) is 0 Å². The maximum Gasteiger partial charge on any atom is 0.305 e. The fourth-order valence-electron chi connectivity index (χ4n) is 4.07. The molecule has 1 aromatic heterocycles. The van der Waals surface area contributed by atoms with Crippen molar-refractivity contribution in [3.05, 3.63) is 35.5 Å².